The Hall–Kier alpha value is -8.98. The largest absolute Gasteiger partial charge is 0.310 e. The van der Waals surface area contributed by atoms with Gasteiger partial charge >= 0.3 is 0 Å². The Morgan fingerprint density at radius 2 is 0.598 bits per heavy atom. The SMILES string of the molecule is Cc1ccc(N(c2ccc(-c3ccc(-c4ccc(C(C)(C)CC(C)C)cc4)cc3)cc2)c2cc3c4ccccc4c(N(c4ccc(-c5ccc(-c6ccc(C(C)(C)CC(C)(C)C)cc6)cc5)cc4)c4ccc(C)cc4C)cc3c3ccccc23)c(C)c1. The van der Waals surface area contributed by atoms with Gasteiger partial charge in [0.1, 0.15) is 0 Å². The van der Waals surface area contributed by atoms with Gasteiger partial charge in [-0.3, -0.25) is 0 Å². The third-order valence-electron chi connectivity index (χ3n) is 18.1. The minimum absolute atomic E-state index is 0.107. The van der Waals surface area contributed by atoms with Crippen molar-refractivity contribution in [3.8, 4) is 44.5 Å². The highest BCUT2D eigenvalue weighted by Gasteiger charge is 2.28. The second-order valence-corrected chi connectivity index (χ2v) is 27.7. The van der Waals surface area contributed by atoms with Crippen LogP contribution in [0, 0.1) is 39.0 Å². The molecule has 0 aliphatic rings. The monoisotopic (exact) mass is 1130 g/mol. The lowest BCUT2D eigenvalue weighted by atomic mass is 9.72. The van der Waals surface area contributed by atoms with Crippen molar-refractivity contribution in [3.63, 3.8) is 0 Å². The maximum absolute atomic E-state index is 2.49. The average molecular weight is 1130 g/mol. The molecule has 0 bridgehead atoms. The number of hydrogen-bond acceptors (Lipinski definition) is 2. The molecule has 0 aliphatic carbocycles. The van der Waals surface area contributed by atoms with Crippen LogP contribution >= 0.6 is 0 Å². The Bertz CT molecular complexity index is 4440. The predicted molar refractivity (Wildman–Crippen MR) is 379 cm³/mol. The summed E-state index contributed by atoms with van der Waals surface area (Å²) in [6.45, 7) is 29.9. The second-order valence-electron chi connectivity index (χ2n) is 27.7. The fourth-order valence-electron chi connectivity index (χ4n) is 14.3. The Labute approximate surface area is 518 Å². The first-order valence-corrected chi connectivity index (χ1v) is 31.4. The zero-order valence-electron chi connectivity index (χ0n) is 53.5. The van der Waals surface area contributed by atoms with E-state index in [0.29, 0.717) is 5.92 Å². The normalized spacial score (nSPS) is 12.2. The van der Waals surface area contributed by atoms with Gasteiger partial charge in [0.05, 0.1) is 11.4 Å². The number of fused-ring (bicyclic) bond motifs is 5. The highest BCUT2D eigenvalue weighted by atomic mass is 15.2. The highest BCUT2D eigenvalue weighted by molar-refractivity contribution is 6.24. The Balaban J connectivity index is 0.916. The third kappa shape index (κ3) is 12.0. The quantitative estimate of drug-likeness (QED) is 0.0944. The van der Waals surface area contributed by atoms with Crippen LogP contribution in [0.15, 0.2) is 243 Å². The van der Waals surface area contributed by atoms with E-state index >= 15 is 0 Å². The summed E-state index contributed by atoms with van der Waals surface area (Å²) < 4.78 is 0. The van der Waals surface area contributed by atoms with Gasteiger partial charge < -0.3 is 9.80 Å². The summed E-state index contributed by atoms with van der Waals surface area (Å²) in [6, 6.07) is 91.6. The maximum Gasteiger partial charge on any atom is 0.0546 e. The van der Waals surface area contributed by atoms with Crippen LogP contribution in [-0.4, -0.2) is 0 Å². The summed E-state index contributed by atoms with van der Waals surface area (Å²) in [5.74, 6) is 0.650. The number of aryl methyl sites for hydroxylation is 4. The maximum atomic E-state index is 2.49. The van der Waals surface area contributed by atoms with Crippen molar-refractivity contribution < 1.29 is 0 Å². The summed E-state index contributed by atoms with van der Waals surface area (Å²) in [4.78, 5) is 4.98. The molecule has 0 saturated heterocycles. The molecule has 0 atom stereocenters. The van der Waals surface area contributed by atoms with E-state index in [1.54, 1.807) is 0 Å². The summed E-state index contributed by atoms with van der Waals surface area (Å²) in [5, 5.41) is 7.21. The Morgan fingerprint density at radius 3 is 0.908 bits per heavy atom. The van der Waals surface area contributed by atoms with Gasteiger partial charge in [0.25, 0.3) is 0 Å². The van der Waals surface area contributed by atoms with Gasteiger partial charge in [-0.15, -0.1) is 0 Å². The molecule has 0 heterocycles. The first-order valence-electron chi connectivity index (χ1n) is 31.4. The van der Waals surface area contributed by atoms with Crippen LogP contribution in [0.25, 0.3) is 76.8 Å². The van der Waals surface area contributed by atoms with Crippen molar-refractivity contribution in [2.24, 2.45) is 11.3 Å². The van der Waals surface area contributed by atoms with Gasteiger partial charge in [-0.1, -0.05) is 268 Å². The number of rotatable bonds is 15. The van der Waals surface area contributed by atoms with Crippen LogP contribution in [0.2, 0.25) is 0 Å². The van der Waals surface area contributed by atoms with E-state index in [-0.39, 0.29) is 16.2 Å². The van der Waals surface area contributed by atoms with Crippen molar-refractivity contribution in [1.82, 2.24) is 0 Å². The lowest BCUT2D eigenvalue weighted by Gasteiger charge is -2.33. The standard InChI is InChI=1S/C85H84N2/c1-56(2)54-84(10,11)69-40-32-65(33-41-69)61-24-28-63(29-25-61)67-36-44-71(45-37-67)86(79-48-22-57(3)50-59(79)5)81-52-77-74-19-15-17-21-76(74)82(53-78(77)73-18-14-16-20-75(73)81)87(80-49-23-58(4)51-60(80)6)72-46-38-68(39-47-72)64-30-26-62(27-31-64)66-34-42-70(43-35-66)85(12,13)55-83(7,8)9/h14-53,56H,54-55H2,1-13H3. The first kappa shape index (κ1) is 58.4. The van der Waals surface area contributed by atoms with E-state index in [1.807, 2.05) is 0 Å². The molecular formula is C85H84N2. The number of anilines is 6. The molecule has 434 valence electrons. The molecule has 0 unspecified atom stereocenters. The predicted octanol–water partition coefficient (Wildman–Crippen LogP) is 25.0. The van der Waals surface area contributed by atoms with Crippen LogP contribution in [0.1, 0.15) is 109 Å². The molecule has 87 heavy (non-hydrogen) atoms. The molecule has 12 aromatic carbocycles. The summed E-state index contributed by atoms with van der Waals surface area (Å²) >= 11 is 0. The minimum atomic E-state index is 0.107. The molecular weight excluding hydrogens is 1050 g/mol. The molecule has 0 aromatic heterocycles. The zero-order chi connectivity index (χ0) is 60.9. The molecule has 0 spiro atoms. The molecule has 2 heteroatoms. The van der Waals surface area contributed by atoms with Crippen LogP contribution < -0.4 is 9.80 Å². The Morgan fingerprint density at radius 1 is 0.299 bits per heavy atom. The number of hydrogen-bond donors (Lipinski definition) is 0. The van der Waals surface area contributed by atoms with Crippen molar-refractivity contribution in [2.45, 2.75) is 114 Å². The lowest BCUT2D eigenvalue weighted by Crippen LogP contribution is -2.24. The minimum Gasteiger partial charge on any atom is -0.310 e. The Kier molecular flexibility index (Phi) is 15.7. The van der Waals surface area contributed by atoms with Gasteiger partial charge in [-0.25, -0.2) is 0 Å². The molecule has 12 rings (SSSR count). The topological polar surface area (TPSA) is 6.48 Å². The molecule has 0 aliphatic heterocycles. The van der Waals surface area contributed by atoms with Crippen LogP contribution in [-0.2, 0) is 10.8 Å². The molecule has 0 amide bonds. The van der Waals surface area contributed by atoms with Gasteiger partial charge in [0.15, 0.2) is 0 Å². The fourth-order valence-corrected chi connectivity index (χ4v) is 14.3. The van der Waals surface area contributed by atoms with Gasteiger partial charge in [-0.05, 0) is 200 Å². The second kappa shape index (κ2) is 23.4. The van der Waals surface area contributed by atoms with Crippen molar-refractivity contribution in [2.75, 3.05) is 9.80 Å². The van der Waals surface area contributed by atoms with E-state index in [1.165, 1.54) is 110 Å². The van der Waals surface area contributed by atoms with Gasteiger partial charge in [0.2, 0.25) is 0 Å². The zero-order valence-corrected chi connectivity index (χ0v) is 53.5. The summed E-state index contributed by atoms with van der Waals surface area (Å²) in [6.07, 6.45) is 2.29. The van der Waals surface area contributed by atoms with Crippen molar-refractivity contribution >= 4 is 66.4 Å². The smallest absolute Gasteiger partial charge is 0.0546 e. The van der Waals surface area contributed by atoms with E-state index in [9.17, 15) is 0 Å². The fraction of sp³-hybridized carbons (Fsp3) is 0.224. The highest BCUT2D eigenvalue weighted by Crippen LogP contribution is 2.49. The molecule has 0 saturated carbocycles. The molecule has 2 nitrogen and oxygen atoms in total. The van der Waals surface area contributed by atoms with E-state index in [2.05, 4.69) is 342 Å². The van der Waals surface area contributed by atoms with E-state index in [4.69, 9.17) is 0 Å². The first-order chi connectivity index (χ1) is 41.7. The third-order valence-corrected chi connectivity index (χ3v) is 18.1. The number of benzene rings is 12. The molecule has 0 radical (unpaired) electrons. The van der Waals surface area contributed by atoms with Crippen molar-refractivity contribution in [3.05, 3.63) is 276 Å². The lowest BCUT2D eigenvalue weighted by molar-refractivity contribution is 0.284. The molecule has 0 N–H and O–H groups in total. The molecule has 12 aromatic rings. The van der Waals surface area contributed by atoms with Crippen LogP contribution in [0.5, 0.6) is 0 Å². The van der Waals surface area contributed by atoms with Gasteiger partial charge in [0, 0.05) is 33.5 Å². The van der Waals surface area contributed by atoms with Gasteiger partial charge in [-0.2, -0.15) is 0 Å². The number of nitrogens with zero attached hydrogens (tertiary/aromatic N) is 2. The van der Waals surface area contributed by atoms with E-state index in [0.717, 1.165) is 47.0 Å². The summed E-state index contributed by atoms with van der Waals surface area (Å²) in [5.41, 5.74) is 24.7. The average Bonchev–Trinajstić information content (AvgIpc) is 0.817. The summed E-state index contributed by atoms with van der Waals surface area (Å²) in [7, 11) is 0. The van der Waals surface area contributed by atoms with Crippen LogP contribution in [0.3, 0.4) is 0 Å². The molecule has 0 fully saturated rings. The van der Waals surface area contributed by atoms with Crippen molar-refractivity contribution in [1.29, 1.82) is 0 Å². The van der Waals surface area contributed by atoms with Crippen LogP contribution in [0.4, 0.5) is 34.1 Å². The van der Waals surface area contributed by atoms with E-state index < -0.39 is 0 Å².